The van der Waals surface area contributed by atoms with E-state index in [1.165, 1.54) is 24.3 Å². The summed E-state index contributed by atoms with van der Waals surface area (Å²) in [5.41, 5.74) is 1.15. The predicted molar refractivity (Wildman–Crippen MR) is 108 cm³/mol. The van der Waals surface area contributed by atoms with E-state index in [4.69, 9.17) is 0 Å². The van der Waals surface area contributed by atoms with Crippen molar-refractivity contribution in [3.8, 4) is 0 Å². The van der Waals surface area contributed by atoms with Gasteiger partial charge in [0.25, 0.3) is 5.91 Å². The average molecular weight is 402 g/mol. The molecule has 0 saturated carbocycles. The molecule has 1 N–H and O–H groups in total. The molecule has 28 heavy (non-hydrogen) atoms. The van der Waals surface area contributed by atoms with E-state index in [9.17, 15) is 14.0 Å². The molecule has 0 bridgehead atoms. The van der Waals surface area contributed by atoms with Gasteiger partial charge in [0.05, 0.1) is 17.6 Å². The van der Waals surface area contributed by atoms with Crippen molar-refractivity contribution in [3.05, 3.63) is 65.7 Å². The third-order valence-corrected chi connectivity index (χ3v) is 5.88. The highest BCUT2D eigenvalue weighted by molar-refractivity contribution is 8.00. The normalized spacial score (nSPS) is 19.1. The van der Waals surface area contributed by atoms with Crippen molar-refractivity contribution in [3.63, 3.8) is 0 Å². The molecule has 1 fully saturated rings. The van der Waals surface area contributed by atoms with Gasteiger partial charge in [-0.1, -0.05) is 19.9 Å². The Morgan fingerprint density at radius 3 is 2.64 bits per heavy atom. The number of nitrogens with one attached hydrogen (secondary N) is 1. The molecule has 0 radical (unpaired) electrons. The molecule has 2 unspecified atom stereocenters. The highest BCUT2D eigenvalue weighted by Gasteiger charge is 2.41. The van der Waals surface area contributed by atoms with E-state index < -0.39 is 11.9 Å². The molecule has 148 valence electrons. The van der Waals surface area contributed by atoms with E-state index in [-0.39, 0.29) is 17.2 Å². The van der Waals surface area contributed by atoms with Gasteiger partial charge in [-0.2, -0.15) is 0 Å². The van der Waals surface area contributed by atoms with Crippen LogP contribution in [-0.4, -0.2) is 38.9 Å². The summed E-state index contributed by atoms with van der Waals surface area (Å²) in [7, 11) is 0. The van der Waals surface area contributed by atoms with Crippen LogP contribution in [0.4, 0.5) is 4.39 Å². The van der Waals surface area contributed by atoms with Gasteiger partial charge in [0.15, 0.2) is 0 Å². The first-order valence-corrected chi connectivity index (χ1v) is 10.4. The van der Waals surface area contributed by atoms with Crippen molar-refractivity contribution < 1.29 is 14.0 Å². The molecular weight excluding hydrogens is 377 g/mol. The molecule has 1 aromatic heterocycles. The highest BCUT2D eigenvalue weighted by Crippen LogP contribution is 2.34. The highest BCUT2D eigenvalue weighted by atomic mass is 32.2. The molecule has 2 atom stereocenters. The third-order valence-electron chi connectivity index (χ3n) is 4.56. The molecule has 0 aliphatic carbocycles. The minimum atomic E-state index is -0.560. The van der Waals surface area contributed by atoms with E-state index in [1.54, 1.807) is 22.9 Å². The van der Waals surface area contributed by atoms with Gasteiger partial charge in [0.1, 0.15) is 11.9 Å². The van der Waals surface area contributed by atoms with E-state index in [0.29, 0.717) is 23.8 Å². The molecule has 7 heteroatoms. The number of nitrogens with zero attached hydrogens (tertiary/aromatic N) is 2. The van der Waals surface area contributed by atoms with E-state index in [0.717, 1.165) is 12.1 Å². The van der Waals surface area contributed by atoms with Crippen molar-refractivity contribution in [2.45, 2.75) is 38.2 Å². The summed E-state index contributed by atoms with van der Waals surface area (Å²) in [6, 6.07) is 10.4. The minimum absolute atomic E-state index is 0.0804. The monoisotopic (exact) mass is 401 g/mol. The quantitative estimate of drug-likeness (QED) is 0.805. The summed E-state index contributed by atoms with van der Waals surface area (Å²) in [6.07, 6.45) is 2.47. The second-order valence-corrected chi connectivity index (χ2v) is 8.40. The van der Waals surface area contributed by atoms with Gasteiger partial charge in [0.2, 0.25) is 5.91 Å². The fraction of sp³-hybridized carbons (Fsp3) is 0.381. The summed E-state index contributed by atoms with van der Waals surface area (Å²) < 4.78 is 13.2. The van der Waals surface area contributed by atoms with Crippen LogP contribution in [0.3, 0.4) is 0 Å². The molecule has 2 heterocycles. The maximum Gasteiger partial charge on any atom is 0.255 e. The van der Waals surface area contributed by atoms with Crippen LogP contribution in [0.1, 0.15) is 36.3 Å². The fourth-order valence-electron chi connectivity index (χ4n) is 3.16. The predicted octanol–water partition coefficient (Wildman–Crippen LogP) is 3.47. The smallest absolute Gasteiger partial charge is 0.255 e. The molecule has 5 nitrogen and oxygen atoms in total. The van der Waals surface area contributed by atoms with Crippen molar-refractivity contribution >= 4 is 23.6 Å². The first kappa shape index (κ1) is 20.3. The summed E-state index contributed by atoms with van der Waals surface area (Å²) in [6.45, 7) is 4.50. The zero-order chi connectivity index (χ0) is 20.1. The number of halogens is 1. The first-order valence-electron chi connectivity index (χ1n) is 9.33. The van der Waals surface area contributed by atoms with Gasteiger partial charge in [-0.25, -0.2) is 4.39 Å². The Bertz CT molecular complexity index is 814. The van der Waals surface area contributed by atoms with Gasteiger partial charge in [-0.15, -0.1) is 11.8 Å². The van der Waals surface area contributed by atoms with Crippen molar-refractivity contribution in [2.75, 3.05) is 5.75 Å². The van der Waals surface area contributed by atoms with E-state index >= 15 is 0 Å². The lowest BCUT2D eigenvalue weighted by Gasteiger charge is -2.30. The molecule has 2 aromatic rings. The first-order chi connectivity index (χ1) is 13.5. The number of thioether (sulfide) groups is 1. The molecule has 3 rings (SSSR count). The molecule has 2 amide bonds. The average Bonchev–Trinajstić information content (AvgIpc) is 3.10. The van der Waals surface area contributed by atoms with Gasteiger partial charge >= 0.3 is 0 Å². The topological polar surface area (TPSA) is 62.3 Å². The second-order valence-electron chi connectivity index (χ2n) is 7.19. The van der Waals surface area contributed by atoms with Gasteiger partial charge in [-0.05, 0) is 48.7 Å². The van der Waals surface area contributed by atoms with Crippen LogP contribution in [0, 0.1) is 11.7 Å². The molecule has 1 aliphatic heterocycles. The molecule has 1 saturated heterocycles. The number of carbonyl (C=O) groups excluding carboxylic acids is 2. The van der Waals surface area contributed by atoms with Crippen LogP contribution in [0.25, 0.3) is 0 Å². The number of rotatable bonds is 6. The zero-order valence-corrected chi connectivity index (χ0v) is 16.8. The fourth-order valence-corrected chi connectivity index (χ4v) is 4.80. The number of hydrogen-bond acceptors (Lipinski definition) is 4. The van der Waals surface area contributed by atoms with Crippen LogP contribution in [0.5, 0.6) is 0 Å². The number of benzene rings is 1. The lowest BCUT2D eigenvalue weighted by molar-refractivity contribution is -0.125. The van der Waals surface area contributed by atoms with E-state index in [1.807, 2.05) is 18.2 Å². The third kappa shape index (κ3) is 4.90. The Hall–Kier alpha value is -2.41. The van der Waals surface area contributed by atoms with Crippen LogP contribution >= 0.6 is 11.8 Å². The Morgan fingerprint density at radius 1 is 1.25 bits per heavy atom. The number of aromatic nitrogens is 1. The minimum Gasteiger partial charge on any atom is -0.349 e. The van der Waals surface area contributed by atoms with Crippen molar-refractivity contribution in [1.29, 1.82) is 0 Å². The van der Waals surface area contributed by atoms with Crippen LogP contribution in [0.15, 0.2) is 48.7 Å². The summed E-state index contributed by atoms with van der Waals surface area (Å²) in [4.78, 5) is 31.8. The number of amides is 2. The number of hydrogen-bond donors (Lipinski definition) is 1. The largest absolute Gasteiger partial charge is 0.349 e. The standard InChI is InChI=1S/C21H24FN3O2S/c1-14(2)11-19-25(21(27)15-6-8-16(22)9-7-15)18(13-28-19)20(26)24-12-17-5-3-4-10-23-17/h3-10,14,18-19H,11-13H2,1-2H3,(H,24,26). The molecule has 1 aromatic carbocycles. The molecule has 1 aliphatic rings. The van der Waals surface area contributed by atoms with Gasteiger partial charge in [0, 0.05) is 17.5 Å². The Balaban J connectivity index is 1.76. The number of pyridine rings is 1. The SMILES string of the molecule is CC(C)CC1SCC(C(=O)NCc2ccccn2)N1C(=O)c1ccc(F)cc1. The van der Waals surface area contributed by atoms with Gasteiger partial charge in [-0.3, -0.25) is 14.6 Å². The Kier molecular flexibility index (Phi) is 6.67. The van der Waals surface area contributed by atoms with Gasteiger partial charge < -0.3 is 10.2 Å². The zero-order valence-electron chi connectivity index (χ0n) is 16.0. The lowest BCUT2D eigenvalue weighted by Crippen LogP contribution is -2.50. The Morgan fingerprint density at radius 2 is 2.00 bits per heavy atom. The van der Waals surface area contributed by atoms with E-state index in [2.05, 4.69) is 24.1 Å². The molecular formula is C21H24FN3O2S. The number of carbonyl (C=O) groups is 2. The van der Waals surface area contributed by atoms with Crippen LogP contribution < -0.4 is 5.32 Å². The summed E-state index contributed by atoms with van der Waals surface area (Å²) in [5, 5.41) is 2.81. The maximum absolute atomic E-state index is 13.2. The van der Waals surface area contributed by atoms with Crippen LogP contribution in [-0.2, 0) is 11.3 Å². The van der Waals surface area contributed by atoms with Crippen molar-refractivity contribution in [1.82, 2.24) is 15.2 Å². The maximum atomic E-state index is 13.2. The van der Waals surface area contributed by atoms with Crippen molar-refractivity contribution in [2.24, 2.45) is 5.92 Å². The summed E-state index contributed by atoms with van der Waals surface area (Å²) in [5.74, 6) is 0.0962. The lowest BCUT2D eigenvalue weighted by atomic mass is 10.1. The summed E-state index contributed by atoms with van der Waals surface area (Å²) >= 11 is 1.62. The van der Waals surface area contributed by atoms with Crippen LogP contribution in [0.2, 0.25) is 0 Å². The Labute approximate surface area is 168 Å². The second kappa shape index (κ2) is 9.19. The molecule has 0 spiro atoms.